The van der Waals surface area contributed by atoms with E-state index >= 15 is 0 Å². The topological polar surface area (TPSA) is 24.9 Å². The quantitative estimate of drug-likeness (QED) is 0.542. The lowest BCUT2D eigenvalue weighted by molar-refractivity contribution is 0.624. The average molecular weight is 378 g/mol. The molecule has 1 aromatic heterocycles. The van der Waals surface area contributed by atoms with Crippen LogP contribution in [0.3, 0.4) is 0 Å². The standard InChI is InChI=1S/C14H12BrCl2FN2/c1-7-3-9(6-19-14(7)15)20-8(2)10-4-13(18)12(17)5-11(10)16/h3-6,8,20H,1-2H3. The first-order valence-electron chi connectivity index (χ1n) is 5.91. The first-order chi connectivity index (χ1) is 9.38. The van der Waals surface area contributed by atoms with Gasteiger partial charge in [0.15, 0.2) is 0 Å². The molecule has 0 aliphatic rings. The van der Waals surface area contributed by atoms with Crippen LogP contribution in [0.15, 0.2) is 29.0 Å². The first-order valence-corrected chi connectivity index (χ1v) is 7.46. The summed E-state index contributed by atoms with van der Waals surface area (Å²) in [4.78, 5) is 4.21. The van der Waals surface area contributed by atoms with Crippen molar-refractivity contribution in [3.8, 4) is 0 Å². The van der Waals surface area contributed by atoms with E-state index in [2.05, 4.69) is 26.2 Å². The number of rotatable bonds is 3. The smallest absolute Gasteiger partial charge is 0.142 e. The number of nitrogens with zero attached hydrogens (tertiary/aromatic N) is 1. The number of halogens is 4. The molecule has 20 heavy (non-hydrogen) atoms. The van der Waals surface area contributed by atoms with Gasteiger partial charge in [0.1, 0.15) is 10.4 Å². The van der Waals surface area contributed by atoms with Crippen molar-refractivity contribution in [2.75, 3.05) is 5.32 Å². The molecule has 1 atom stereocenters. The van der Waals surface area contributed by atoms with Gasteiger partial charge in [0, 0.05) is 5.02 Å². The van der Waals surface area contributed by atoms with Gasteiger partial charge in [0.25, 0.3) is 0 Å². The fourth-order valence-electron chi connectivity index (χ4n) is 1.83. The maximum Gasteiger partial charge on any atom is 0.142 e. The second kappa shape index (κ2) is 6.29. The minimum absolute atomic E-state index is 0.0205. The largest absolute Gasteiger partial charge is 0.377 e. The molecule has 2 aromatic rings. The zero-order chi connectivity index (χ0) is 14.9. The van der Waals surface area contributed by atoms with Crippen LogP contribution in [0.4, 0.5) is 10.1 Å². The minimum Gasteiger partial charge on any atom is -0.377 e. The third-order valence-electron chi connectivity index (χ3n) is 2.90. The van der Waals surface area contributed by atoms with Crippen LogP contribution in [0.25, 0.3) is 0 Å². The lowest BCUT2D eigenvalue weighted by Gasteiger charge is -2.17. The highest BCUT2D eigenvalue weighted by Crippen LogP contribution is 2.30. The Labute approximate surface area is 135 Å². The van der Waals surface area contributed by atoms with Gasteiger partial charge in [-0.15, -0.1) is 0 Å². The molecule has 0 radical (unpaired) electrons. The molecular formula is C14H12BrCl2FN2. The van der Waals surface area contributed by atoms with Crippen molar-refractivity contribution in [1.82, 2.24) is 4.98 Å². The predicted molar refractivity (Wildman–Crippen MR) is 85.1 cm³/mol. The van der Waals surface area contributed by atoms with Gasteiger partial charge in [-0.1, -0.05) is 23.2 Å². The third-order valence-corrected chi connectivity index (χ3v) is 4.35. The van der Waals surface area contributed by atoms with Crippen LogP contribution in [0.2, 0.25) is 10.0 Å². The Balaban J connectivity index is 2.25. The molecule has 0 spiro atoms. The highest BCUT2D eigenvalue weighted by Gasteiger charge is 2.13. The molecule has 6 heteroatoms. The van der Waals surface area contributed by atoms with Gasteiger partial charge in [0.05, 0.1) is 22.9 Å². The van der Waals surface area contributed by atoms with Gasteiger partial charge in [-0.25, -0.2) is 9.37 Å². The summed E-state index contributed by atoms with van der Waals surface area (Å²) in [6.45, 7) is 3.84. The number of benzene rings is 1. The van der Waals surface area contributed by atoms with Crippen LogP contribution in [0.5, 0.6) is 0 Å². The normalized spacial score (nSPS) is 12.3. The van der Waals surface area contributed by atoms with Gasteiger partial charge in [-0.2, -0.15) is 0 Å². The van der Waals surface area contributed by atoms with E-state index in [4.69, 9.17) is 23.2 Å². The Morgan fingerprint density at radius 2 is 1.95 bits per heavy atom. The second-order valence-electron chi connectivity index (χ2n) is 4.49. The maximum absolute atomic E-state index is 13.5. The summed E-state index contributed by atoms with van der Waals surface area (Å²) in [5.74, 6) is -0.482. The van der Waals surface area contributed by atoms with Crippen molar-refractivity contribution in [1.29, 1.82) is 0 Å². The van der Waals surface area contributed by atoms with Crippen LogP contribution in [0, 0.1) is 12.7 Å². The van der Waals surface area contributed by atoms with Crippen molar-refractivity contribution in [3.05, 3.63) is 56.0 Å². The summed E-state index contributed by atoms with van der Waals surface area (Å²) in [5.41, 5.74) is 2.49. The van der Waals surface area contributed by atoms with Crippen LogP contribution >= 0.6 is 39.1 Å². The summed E-state index contributed by atoms with van der Waals surface area (Å²) in [6.07, 6.45) is 1.70. The average Bonchev–Trinajstić information content (AvgIpc) is 2.38. The zero-order valence-electron chi connectivity index (χ0n) is 10.8. The Hall–Kier alpha value is -0.840. The molecule has 0 fully saturated rings. The number of nitrogens with one attached hydrogen (secondary N) is 1. The fourth-order valence-corrected chi connectivity index (χ4v) is 2.60. The lowest BCUT2D eigenvalue weighted by Crippen LogP contribution is -2.08. The van der Waals surface area contributed by atoms with E-state index < -0.39 is 5.82 Å². The highest BCUT2D eigenvalue weighted by molar-refractivity contribution is 9.10. The number of anilines is 1. The predicted octanol–water partition coefficient (Wildman–Crippen LogP) is 5.77. The number of aryl methyl sites for hydroxylation is 1. The SMILES string of the molecule is Cc1cc(NC(C)c2cc(F)c(Cl)cc2Cl)cnc1Br. The molecule has 1 unspecified atom stereocenters. The fraction of sp³-hybridized carbons (Fsp3) is 0.214. The molecule has 1 aromatic carbocycles. The lowest BCUT2D eigenvalue weighted by atomic mass is 10.1. The van der Waals surface area contributed by atoms with Crippen molar-refractivity contribution in [2.24, 2.45) is 0 Å². The molecule has 1 heterocycles. The molecular weight excluding hydrogens is 366 g/mol. The van der Waals surface area contributed by atoms with Gasteiger partial charge in [-0.3, -0.25) is 0 Å². The van der Waals surface area contributed by atoms with Crippen LogP contribution in [-0.2, 0) is 0 Å². The Morgan fingerprint density at radius 3 is 2.60 bits per heavy atom. The van der Waals surface area contributed by atoms with Crippen molar-refractivity contribution in [2.45, 2.75) is 19.9 Å². The third kappa shape index (κ3) is 3.43. The van der Waals surface area contributed by atoms with Crippen LogP contribution < -0.4 is 5.32 Å². The number of hydrogen-bond donors (Lipinski definition) is 1. The summed E-state index contributed by atoms with van der Waals surface area (Å²) in [7, 11) is 0. The summed E-state index contributed by atoms with van der Waals surface area (Å²) < 4.78 is 14.3. The molecule has 1 N–H and O–H groups in total. The number of aromatic nitrogens is 1. The van der Waals surface area contributed by atoms with Gasteiger partial charge in [0.2, 0.25) is 0 Å². The maximum atomic E-state index is 13.5. The highest BCUT2D eigenvalue weighted by atomic mass is 79.9. The summed E-state index contributed by atoms with van der Waals surface area (Å²) >= 11 is 15.1. The van der Waals surface area contributed by atoms with Crippen LogP contribution in [0.1, 0.15) is 24.1 Å². The number of hydrogen-bond acceptors (Lipinski definition) is 2. The minimum atomic E-state index is -0.482. The van der Waals surface area contributed by atoms with Gasteiger partial charge >= 0.3 is 0 Å². The number of pyridine rings is 1. The van der Waals surface area contributed by atoms with Gasteiger partial charge in [-0.05, 0) is 59.1 Å². The van der Waals surface area contributed by atoms with Crippen molar-refractivity contribution < 1.29 is 4.39 Å². The summed E-state index contributed by atoms with van der Waals surface area (Å²) in [6, 6.07) is 4.54. The second-order valence-corrected chi connectivity index (χ2v) is 6.05. The Kier molecular flexibility index (Phi) is 4.89. The molecule has 0 amide bonds. The molecule has 0 saturated carbocycles. The Morgan fingerprint density at radius 1 is 1.25 bits per heavy atom. The van der Waals surface area contributed by atoms with E-state index in [1.807, 2.05) is 19.9 Å². The van der Waals surface area contributed by atoms with E-state index in [-0.39, 0.29) is 11.1 Å². The molecule has 106 valence electrons. The summed E-state index contributed by atoms with van der Waals surface area (Å²) in [5, 5.41) is 3.69. The van der Waals surface area contributed by atoms with E-state index in [0.29, 0.717) is 10.6 Å². The zero-order valence-corrected chi connectivity index (χ0v) is 13.9. The van der Waals surface area contributed by atoms with Gasteiger partial charge < -0.3 is 5.32 Å². The van der Waals surface area contributed by atoms with Crippen molar-refractivity contribution in [3.63, 3.8) is 0 Å². The molecule has 0 aliphatic carbocycles. The van der Waals surface area contributed by atoms with E-state index in [0.717, 1.165) is 15.9 Å². The monoisotopic (exact) mass is 376 g/mol. The molecule has 2 nitrogen and oxygen atoms in total. The molecule has 0 bridgehead atoms. The van der Waals surface area contributed by atoms with Crippen molar-refractivity contribution >= 4 is 44.8 Å². The van der Waals surface area contributed by atoms with E-state index in [9.17, 15) is 4.39 Å². The Bertz CT molecular complexity index is 649. The van der Waals surface area contributed by atoms with E-state index in [1.165, 1.54) is 12.1 Å². The molecule has 0 saturated heterocycles. The van der Waals surface area contributed by atoms with E-state index in [1.54, 1.807) is 6.20 Å². The van der Waals surface area contributed by atoms with Crippen LogP contribution in [-0.4, -0.2) is 4.98 Å². The molecule has 0 aliphatic heterocycles. The molecule has 2 rings (SSSR count). The first kappa shape index (κ1) is 15.5.